The second kappa shape index (κ2) is 9.80. The van der Waals surface area contributed by atoms with Crippen LogP contribution in [0.3, 0.4) is 0 Å². The molecule has 6 nitrogen and oxygen atoms in total. The Hall–Kier alpha value is -3.61. The highest BCUT2D eigenvalue weighted by molar-refractivity contribution is 5.90. The van der Waals surface area contributed by atoms with E-state index in [1.54, 1.807) is 0 Å². The van der Waals surface area contributed by atoms with E-state index in [0.717, 1.165) is 63.9 Å². The first-order valence-electron chi connectivity index (χ1n) is 12.9. The van der Waals surface area contributed by atoms with Crippen LogP contribution in [0.2, 0.25) is 0 Å². The van der Waals surface area contributed by atoms with Gasteiger partial charge >= 0.3 is 0 Å². The fraction of sp³-hybridized carbons (Fsp3) is 0.300. The molecule has 1 unspecified atom stereocenters. The Morgan fingerprint density at radius 3 is 2.61 bits per heavy atom. The van der Waals surface area contributed by atoms with Gasteiger partial charge in [-0.25, -0.2) is 9.97 Å². The predicted molar refractivity (Wildman–Crippen MR) is 146 cm³/mol. The van der Waals surface area contributed by atoms with E-state index in [-0.39, 0.29) is 0 Å². The lowest BCUT2D eigenvalue weighted by molar-refractivity contribution is 0.293. The van der Waals surface area contributed by atoms with Crippen LogP contribution in [0.5, 0.6) is 0 Å². The Kier molecular flexibility index (Phi) is 6.21. The number of benzene rings is 2. The van der Waals surface area contributed by atoms with E-state index in [1.165, 1.54) is 31.4 Å². The topological polar surface area (TPSA) is 58.4 Å². The Balaban J connectivity index is 1.30. The fourth-order valence-electron chi connectivity index (χ4n) is 5.34. The van der Waals surface area contributed by atoms with Crippen LogP contribution < -0.4 is 5.32 Å². The molecule has 4 heterocycles. The molecule has 182 valence electrons. The second-order valence-electron chi connectivity index (χ2n) is 9.92. The van der Waals surface area contributed by atoms with Crippen LogP contribution >= 0.6 is 0 Å². The Bertz CT molecular complexity index is 1490. The predicted octanol–water partition coefficient (Wildman–Crippen LogP) is 5.49. The van der Waals surface area contributed by atoms with Gasteiger partial charge in [0, 0.05) is 41.4 Å². The molecule has 0 spiro atoms. The van der Waals surface area contributed by atoms with Crippen LogP contribution in [0.15, 0.2) is 72.9 Å². The lowest BCUT2D eigenvalue weighted by Gasteiger charge is -2.19. The number of aryl methyl sites for hydroxylation is 1. The zero-order valence-electron chi connectivity index (χ0n) is 21.0. The summed E-state index contributed by atoms with van der Waals surface area (Å²) in [6.45, 7) is 5.15. The first-order chi connectivity index (χ1) is 17.7. The van der Waals surface area contributed by atoms with E-state index >= 15 is 0 Å². The largest absolute Gasteiger partial charge is 0.313 e. The third-order valence-electron chi connectivity index (χ3n) is 7.35. The molecule has 1 atom stereocenters. The van der Waals surface area contributed by atoms with Crippen LogP contribution in [0.25, 0.3) is 39.1 Å². The molecule has 0 saturated carbocycles. The van der Waals surface area contributed by atoms with Crippen molar-refractivity contribution >= 4 is 16.7 Å². The maximum Gasteiger partial charge on any atom is 0.165 e. The fourth-order valence-corrected chi connectivity index (χ4v) is 5.34. The highest BCUT2D eigenvalue weighted by Crippen LogP contribution is 2.33. The van der Waals surface area contributed by atoms with Gasteiger partial charge < -0.3 is 10.2 Å². The molecular weight excluding hydrogens is 444 g/mol. The number of fused-ring (bicyclic) bond motifs is 3. The number of nitrogens with zero attached hydrogens (tertiary/aromatic N) is 5. The van der Waals surface area contributed by atoms with Crippen molar-refractivity contribution in [1.29, 1.82) is 0 Å². The normalized spacial score (nSPS) is 16.3. The molecule has 1 aliphatic rings. The van der Waals surface area contributed by atoms with Crippen molar-refractivity contribution < 1.29 is 0 Å². The summed E-state index contributed by atoms with van der Waals surface area (Å²) in [7, 11) is 2.25. The zero-order chi connectivity index (χ0) is 24.5. The van der Waals surface area contributed by atoms with Crippen molar-refractivity contribution in [2.75, 3.05) is 20.1 Å². The van der Waals surface area contributed by atoms with Gasteiger partial charge in [0.1, 0.15) is 0 Å². The van der Waals surface area contributed by atoms with Crippen LogP contribution in [-0.2, 0) is 6.54 Å². The van der Waals surface area contributed by atoms with Crippen LogP contribution in [-0.4, -0.2) is 50.7 Å². The molecule has 0 radical (unpaired) electrons. The quantitative estimate of drug-likeness (QED) is 0.315. The first kappa shape index (κ1) is 22.8. The molecule has 0 bridgehead atoms. The van der Waals surface area contributed by atoms with Crippen LogP contribution in [0.4, 0.5) is 0 Å². The summed E-state index contributed by atoms with van der Waals surface area (Å²) in [4.78, 5) is 12.2. The minimum Gasteiger partial charge on any atom is -0.313 e. The Labute approximate surface area is 212 Å². The number of hydrogen-bond acceptors (Lipinski definition) is 5. The number of rotatable bonds is 7. The van der Waals surface area contributed by atoms with Crippen molar-refractivity contribution in [3.8, 4) is 22.4 Å². The summed E-state index contributed by atoms with van der Waals surface area (Å²) in [6, 6.07) is 24.2. The third-order valence-corrected chi connectivity index (χ3v) is 7.35. The highest BCUT2D eigenvalue weighted by atomic mass is 15.3. The molecule has 6 heteroatoms. The summed E-state index contributed by atoms with van der Waals surface area (Å²) in [5.41, 5.74) is 8.15. The second-order valence-corrected chi connectivity index (χ2v) is 9.92. The molecule has 2 aromatic carbocycles. The van der Waals surface area contributed by atoms with Crippen molar-refractivity contribution in [2.45, 2.75) is 38.8 Å². The van der Waals surface area contributed by atoms with Gasteiger partial charge in [-0.1, -0.05) is 54.6 Å². The van der Waals surface area contributed by atoms with Crippen molar-refractivity contribution in [3.63, 3.8) is 0 Å². The average Bonchev–Trinajstić information content (AvgIpc) is 3.51. The molecule has 0 amide bonds. The zero-order valence-corrected chi connectivity index (χ0v) is 21.0. The monoisotopic (exact) mass is 476 g/mol. The summed E-state index contributed by atoms with van der Waals surface area (Å²) >= 11 is 0. The molecule has 36 heavy (non-hydrogen) atoms. The maximum atomic E-state index is 5.16. The lowest BCUT2D eigenvalue weighted by atomic mass is 9.97. The molecule has 0 aliphatic carbocycles. The standard InChI is InChI=1S/C30H32N6/c1-21-17-28-32-20-25-18-27(23-7-4-3-5-8-23)29(33-30(25)36(28)34-21)24-12-10-22(11-13-24)19-31-15-14-26-9-6-16-35(26)2/h3-5,7-8,10-13,17-18,20,26,31H,6,9,14-16,19H2,1-2H3. The molecule has 5 aromatic rings. The summed E-state index contributed by atoms with van der Waals surface area (Å²) < 4.78 is 1.85. The SMILES string of the molecule is Cc1cc2ncc3cc(-c4ccccc4)c(-c4ccc(CNCCC5CCCN5C)cc4)nc3n2n1. The molecular formula is C30H32N6. The Morgan fingerprint density at radius 1 is 1.00 bits per heavy atom. The minimum absolute atomic E-state index is 0.732. The van der Waals surface area contributed by atoms with Crippen LogP contribution in [0, 0.1) is 6.92 Å². The smallest absolute Gasteiger partial charge is 0.165 e. The average molecular weight is 477 g/mol. The van der Waals surface area contributed by atoms with Gasteiger partial charge in [0.2, 0.25) is 0 Å². The number of hydrogen-bond donors (Lipinski definition) is 1. The van der Waals surface area contributed by atoms with E-state index in [9.17, 15) is 0 Å². The molecule has 1 fully saturated rings. The number of nitrogens with one attached hydrogen (secondary N) is 1. The first-order valence-corrected chi connectivity index (χ1v) is 12.9. The van der Waals surface area contributed by atoms with E-state index in [1.807, 2.05) is 29.8 Å². The van der Waals surface area contributed by atoms with Gasteiger partial charge in [0.25, 0.3) is 0 Å². The number of aromatic nitrogens is 4. The third kappa shape index (κ3) is 4.50. The van der Waals surface area contributed by atoms with Gasteiger partial charge in [-0.3, -0.25) is 0 Å². The van der Waals surface area contributed by atoms with E-state index in [0.29, 0.717) is 0 Å². The van der Waals surface area contributed by atoms with Gasteiger partial charge in [-0.05, 0) is 63.5 Å². The van der Waals surface area contributed by atoms with Gasteiger partial charge in [0.05, 0.1) is 11.4 Å². The van der Waals surface area contributed by atoms with Crippen molar-refractivity contribution in [1.82, 2.24) is 29.8 Å². The minimum atomic E-state index is 0.732. The van der Waals surface area contributed by atoms with E-state index < -0.39 is 0 Å². The maximum absolute atomic E-state index is 5.16. The molecule has 1 N–H and O–H groups in total. The van der Waals surface area contributed by atoms with E-state index in [4.69, 9.17) is 4.98 Å². The van der Waals surface area contributed by atoms with Gasteiger partial charge in [-0.2, -0.15) is 9.61 Å². The molecule has 1 saturated heterocycles. The summed E-state index contributed by atoms with van der Waals surface area (Å²) in [5, 5.41) is 9.25. The Morgan fingerprint density at radius 2 is 1.83 bits per heavy atom. The molecule has 6 rings (SSSR count). The van der Waals surface area contributed by atoms with Gasteiger partial charge in [-0.15, -0.1) is 0 Å². The molecule has 1 aliphatic heterocycles. The van der Waals surface area contributed by atoms with Crippen LogP contribution in [0.1, 0.15) is 30.5 Å². The number of likely N-dealkylation sites (tertiary alicyclic amines) is 1. The lowest BCUT2D eigenvalue weighted by Crippen LogP contribution is -2.28. The summed E-state index contributed by atoms with van der Waals surface area (Å²) in [6.07, 6.45) is 5.77. The molecule has 3 aromatic heterocycles. The number of pyridine rings is 1. The van der Waals surface area contributed by atoms with Crippen molar-refractivity contribution in [3.05, 3.63) is 84.2 Å². The highest BCUT2D eigenvalue weighted by Gasteiger charge is 2.20. The summed E-state index contributed by atoms with van der Waals surface area (Å²) in [5.74, 6) is 0. The van der Waals surface area contributed by atoms with Crippen molar-refractivity contribution in [2.24, 2.45) is 0 Å². The van der Waals surface area contributed by atoms with E-state index in [2.05, 4.69) is 81.9 Å². The van der Waals surface area contributed by atoms with Gasteiger partial charge in [0.15, 0.2) is 11.3 Å².